The van der Waals surface area contributed by atoms with E-state index in [1.165, 1.54) is 17.5 Å². The van der Waals surface area contributed by atoms with Crippen molar-refractivity contribution in [2.24, 2.45) is 0 Å². The van der Waals surface area contributed by atoms with Gasteiger partial charge in [0.1, 0.15) is 0 Å². The number of nitrogens with two attached hydrogens (primary N) is 1. The van der Waals surface area contributed by atoms with Gasteiger partial charge < -0.3 is 11.1 Å². The van der Waals surface area contributed by atoms with Gasteiger partial charge >= 0.3 is 0 Å². The molecule has 2 aromatic rings. The van der Waals surface area contributed by atoms with Crippen molar-refractivity contribution in [2.45, 2.75) is 18.3 Å². The molecule has 1 aliphatic heterocycles. The standard InChI is InChI=1S/C17H20N2/c18-15-8-4-7-14(11-15)16-9-10-19-12-17(16)13-5-2-1-3-6-13/h1-8,11,16-17,19H,9-10,12,18H2. The van der Waals surface area contributed by atoms with Gasteiger partial charge in [0, 0.05) is 18.2 Å². The molecule has 0 aromatic heterocycles. The highest BCUT2D eigenvalue weighted by Crippen LogP contribution is 2.37. The van der Waals surface area contributed by atoms with Crippen molar-refractivity contribution in [3.05, 3.63) is 65.7 Å². The lowest BCUT2D eigenvalue weighted by atomic mass is 9.77. The monoisotopic (exact) mass is 252 g/mol. The minimum absolute atomic E-state index is 0.539. The van der Waals surface area contributed by atoms with E-state index in [1.54, 1.807) is 0 Å². The highest BCUT2D eigenvalue weighted by atomic mass is 14.9. The van der Waals surface area contributed by atoms with Crippen LogP contribution in [-0.2, 0) is 0 Å². The zero-order valence-electron chi connectivity index (χ0n) is 11.0. The van der Waals surface area contributed by atoms with E-state index < -0.39 is 0 Å². The molecular weight excluding hydrogens is 232 g/mol. The summed E-state index contributed by atoms with van der Waals surface area (Å²) in [5.74, 6) is 1.10. The number of anilines is 1. The first-order chi connectivity index (χ1) is 9.34. The molecule has 2 unspecified atom stereocenters. The molecule has 2 aromatic carbocycles. The first-order valence-electron chi connectivity index (χ1n) is 6.96. The summed E-state index contributed by atoms with van der Waals surface area (Å²) in [4.78, 5) is 0. The normalized spacial score (nSPS) is 23.2. The Morgan fingerprint density at radius 1 is 0.895 bits per heavy atom. The number of piperidine rings is 1. The maximum absolute atomic E-state index is 5.93. The van der Waals surface area contributed by atoms with E-state index in [0.717, 1.165) is 18.8 Å². The molecule has 0 aliphatic carbocycles. The SMILES string of the molecule is Nc1cccc(C2CCNCC2c2ccccc2)c1. The van der Waals surface area contributed by atoms with Crippen LogP contribution in [0.5, 0.6) is 0 Å². The van der Waals surface area contributed by atoms with Gasteiger partial charge in [0.2, 0.25) is 0 Å². The molecule has 1 aliphatic rings. The zero-order valence-corrected chi connectivity index (χ0v) is 11.0. The summed E-state index contributed by atoms with van der Waals surface area (Å²) in [6.45, 7) is 2.13. The van der Waals surface area contributed by atoms with Crippen molar-refractivity contribution in [3.63, 3.8) is 0 Å². The predicted octanol–water partition coefficient (Wildman–Crippen LogP) is 3.13. The molecule has 2 atom stereocenters. The molecule has 3 rings (SSSR count). The van der Waals surface area contributed by atoms with Crippen LogP contribution in [0.25, 0.3) is 0 Å². The highest BCUT2D eigenvalue weighted by Gasteiger charge is 2.27. The Balaban J connectivity index is 1.93. The number of benzene rings is 2. The van der Waals surface area contributed by atoms with Crippen molar-refractivity contribution < 1.29 is 0 Å². The summed E-state index contributed by atoms with van der Waals surface area (Å²) in [6.07, 6.45) is 1.17. The summed E-state index contributed by atoms with van der Waals surface area (Å²) < 4.78 is 0. The van der Waals surface area contributed by atoms with E-state index in [1.807, 2.05) is 6.07 Å². The smallest absolute Gasteiger partial charge is 0.0316 e. The van der Waals surface area contributed by atoms with Gasteiger partial charge in [-0.15, -0.1) is 0 Å². The third-order valence-electron chi connectivity index (χ3n) is 4.05. The maximum atomic E-state index is 5.93. The molecule has 2 nitrogen and oxygen atoms in total. The minimum atomic E-state index is 0.539. The molecule has 19 heavy (non-hydrogen) atoms. The predicted molar refractivity (Wildman–Crippen MR) is 80.3 cm³/mol. The first-order valence-corrected chi connectivity index (χ1v) is 6.96. The number of nitrogen functional groups attached to an aromatic ring is 1. The largest absolute Gasteiger partial charge is 0.399 e. The van der Waals surface area contributed by atoms with Crippen LogP contribution in [0.3, 0.4) is 0 Å². The zero-order chi connectivity index (χ0) is 13.1. The van der Waals surface area contributed by atoms with E-state index in [-0.39, 0.29) is 0 Å². The van der Waals surface area contributed by atoms with Gasteiger partial charge in [-0.1, -0.05) is 42.5 Å². The lowest BCUT2D eigenvalue weighted by Crippen LogP contribution is -2.34. The quantitative estimate of drug-likeness (QED) is 0.806. The average Bonchev–Trinajstić information content (AvgIpc) is 2.48. The maximum Gasteiger partial charge on any atom is 0.0316 e. The lowest BCUT2D eigenvalue weighted by Gasteiger charge is -2.33. The number of hydrogen-bond acceptors (Lipinski definition) is 2. The fourth-order valence-electron chi connectivity index (χ4n) is 3.10. The molecule has 0 amide bonds. The van der Waals surface area contributed by atoms with E-state index in [9.17, 15) is 0 Å². The molecule has 1 heterocycles. The Labute approximate surface area is 114 Å². The molecular formula is C17H20N2. The Bertz CT molecular complexity index is 536. The molecule has 2 heteroatoms. The van der Waals surface area contributed by atoms with Gasteiger partial charge in [0.15, 0.2) is 0 Å². The van der Waals surface area contributed by atoms with E-state index in [2.05, 4.69) is 53.8 Å². The summed E-state index contributed by atoms with van der Waals surface area (Å²) in [5.41, 5.74) is 9.59. The van der Waals surface area contributed by atoms with Gasteiger partial charge in [-0.2, -0.15) is 0 Å². The molecule has 0 spiro atoms. The molecule has 1 saturated heterocycles. The highest BCUT2D eigenvalue weighted by molar-refractivity contribution is 5.43. The Morgan fingerprint density at radius 3 is 2.47 bits per heavy atom. The van der Waals surface area contributed by atoms with Crippen LogP contribution < -0.4 is 11.1 Å². The van der Waals surface area contributed by atoms with E-state index in [0.29, 0.717) is 11.8 Å². The summed E-state index contributed by atoms with van der Waals surface area (Å²) in [7, 11) is 0. The molecule has 0 radical (unpaired) electrons. The number of rotatable bonds is 2. The van der Waals surface area contributed by atoms with Gasteiger partial charge in [-0.05, 0) is 42.1 Å². The second-order valence-electron chi connectivity index (χ2n) is 5.29. The Morgan fingerprint density at radius 2 is 1.68 bits per heavy atom. The topological polar surface area (TPSA) is 38.0 Å². The third kappa shape index (κ3) is 2.64. The molecule has 0 saturated carbocycles. The average molecular weight is 252 g/mol. The second-order valence-corrected chi connectivity index (χ2v) is 5.29. The van der Waals surface area contributed by atoms with Gasteiger partial charge in [0.25, 0.3) is 0 Å². The van der Waals surface area contributed by atoms with Crippen molar-refractivity contribution in [3.8, 4) is 0 Å². The van der Waals surface area contributed by atoms with E-state index in [4.69, 9.17) is 5.73 Å². The van der Waals surface area contributed by atoms with Crippen LogP contribution in [0.1, 0.15) is 29.4 Å². The summed E-state index contributed by atoms with van der Waals surface area (Å²) >= 11 is 0. The molecule has 98 valence electrons. The van der Waals surface area contributed by atoms with E-state index >= 15 is 0 Å². The number of hydrogen-bond donors (Lipinski definition) is 2. The van der Waals surface area contributed by atoms with Crippen LogP contribution >= 0.6 is 0 Å². The Hall–Kier alpha value is -1.80. The van der Waals surface area contributed by atoms with Crippen LogP contribution in [-0.4, -0.2) is 13.1 Å². The van der Waals surface area contributed by atoms with Crippen molar-refractivity contribution in [2.75, 3.05) is 18.8 Å². The lowest BCUT2D eigenvalue weighted by molar-refractivity contribution is 0.404. The fourth-order valence-corrected chi connectivity index (χ4v) is 3.10. The molecule has 0 bridgehead atoms. The van der Waals surface area contributed by atoms with Crippen LogP contribution in [0, 0.1) is 0 Å². The Kier molecular flexibility index (Phi) is 3.51. The summed E-state index contributed by atoms with van der Waals surface area (Å²) in [6, 6.07) is 19.2. The summed E-state index contributed by atoms with van der Waals surface area (Å²) in [5, 5.41) is 3.52. The van der Waals surface area contributed by atoms with Crippen LogP contribution in [0.15, 0.2) is 54.6 Å². The van der Waals surface area contributed by atoms with Crippen molar-refractivity contribution >= 4 is 5.69 Å². The van der Waals surface area contributed by atoms with Crippen molar-refractivity contribution in [1.82, 2.24) is 5.32 Å². The second kappa shape index (κ2) is 5.45. The molecule has 1 fully saturated rings. The van der Waals surface area contributed by atoms with Crippen molar-refractivity contribution in [1.29, 1.82) is 0 Å². The minimum Gasteiger partial charge on any atom is -0.399 e. The third-order valence-corrected chi connectivity index (χ3v) is 4.05. The van der Waals surface area contributed by atoms with Crippen LogP contribution in [0.2, 0.25) is 0 Å². The molecule has 3 N–H and O–H groups in total. The first kappa shape index (κ1) is 12.2. The fraction of sp³-hybridized carbons (Fsp3) is 0.294. The van der Waals surface area contributed by atoms with Gasteiger partial charge in [-0.3, -0.25) is 0 Å². The number of nitrogens with one attached hydrogen (secondary N) is 1. The van der Waals surface area contributed by atoms with Crippen LogP contribution in [0.4, 0.5) is 5.69 Å². The van der Waals surface area contributed by atoms with Gasteiger partial charge in [0.05, 0.1) is 0 Å². The van der Waals surface area contributed by atoms with Gasteiger partial charge in [-0.25, -0.2) is 0 Å².